The topological polar surface area (TPSA) is 58.6 Å². The molecule has 3 N–H and O–H groups in total. The Balaban J connectivity index is 2.03. The van der Waals surface area contributed by atoms with Gasteiger partial charge in [-0.3, -0.25) is 0 Å². The molecule has 0 radical (unpaired) electrons. The number of oxime groups is 1. The average Bonchev–Trinajstić information content (AvgIpc) is 2.45. The van der Waals surface area contributed by atoms with Gasteiger partial charge in [0, 0.05) is 11.0 Å². The Bertz CT molecular complexity index is 493. The molecule has 1 aromatic carbocycles. The van der Waals surface area contributed by atoms with Crippen LogP contribution in [0.4, 0.5) is 4.39 Å². The number of thioether (sulfide) groups is 1. The maximum absolute atomic E-state index is 14.3. The summed E-state index contributed by atoms with van der Waals surface area (Å²) in [6.07, 6.45) is 5.01. The molecule has 0 amide bonds. The first-order chi connectivity index (χ1) is 9.61. The van der Waals surface area contributed by atoms with Crippen LogP contribution >= 0.6 is 11.8 Å². The molecule has 5 heteroatoms. The molecule has 1 aromatic rings. The van der Waals surface area contributed by atoms with Crippen LogP contribution in [0.1, 0.15) is 43.7 Å². The van der Waals surface area contributed by atoms with Gasteiger partial charge in [0.25, 0.3) is 0 Å². The molecule has 0 saturated heterocycles. The molecular formula is C15H21FN2OS. The largest absolute Gasteiger partial charge is 0.409 e. The van der Waals surface area contributed by atoms with Crippen LogP contribution < -0.4 is 5.73 Å². The van der Waals surface area contributed by atoms with E-state index in [1.165, 1.54) is 31.7 Å². The van der Waals surface area contributed by atoms with Gasteiger partial charge in [0.05, 0.1) is 5.56 Å². The van der Waals surface area contributed by atoms with E-state index in [0.717, 1.165) is 5.92 Å². The standard InChI is InChI=1S/C15H21FN2OS/c1-10-4-2-6-12(8-10)20-9-11-5-3-7-13(14(11)16)15(17)18-19/h3,5,7,10,12,19H,2,4,6,8-9H2,1H3,(H2,17,18). The van der Waals surface area contributed by atoms with Crippen molar-refractivity contribution < 1.29 is 9.60 Å². The molecule has 0 aromatic heterocycles. The minimum atomic E-state index is -0.376. The monoisotopic (exact) mass is 296 g/mol. The van der Waals surface area contributed by atoms with Crippen molar-refractivity contribution >= 4 is 17.6 Å². The summed E-state index contributed by atoms with van der Waals surface area (Å²) in [4.78, 5) is 0. The summed E-state index contributed by atoms with van der Waals surface area (Å²) in [7, 11) is 0. The number of halogens is 1. The van der Waals surface area contributed by atoms with Crippen LogP contribution in [0.2, 0.25) is 0 Å². The average molecular weight is 296 g/mol. The molecular weight excluding hydrogens is 275 g/mol. The number of hydrogen-bond donors (Lipinski definition) is 2. The Morgan fingerprint density at radius 1 is 1.50 bits per heavy atom. The van der Waals surface area contributed by atoms with E-state index in [1.54, 1.807) is 12.1 Å². The van der Waals surface area contributed by atoms with Crippen molar-refractivity contribution in [2.75, 3.05) is 0 Å². The molecule has 1 aliphatic rings. The van der Waals surface area contributed by atoms with E-state index in [1.807, 2.05) is 11.8 Å². The Kier molecular flexibility index (Phi) is 5.29. The van der Waals surface area contributed by atoms with Crippen molar-refractivity contribution in [2.24, 2.45) is 16.8 Å². The SMILES string of the molecule is CC1CCCC(SCc2cccc(/C(N)=N/O)c2F)C1. The minimum absolute atomic E-state index is 0.169. The highest BCUT2D eigenvalue weighted by Gasteiger charge is 2.20. The fourth-order valence-electron chi connectivity index (χ4n) is 2.68. The van der Waals surface area contributed by atoms with Gasteiger partial charge in [-0.05, 0) is 30.4 Å². The van der Waals surface area contributed by atoms with E-state index in [-0.39, 0.29) is 17.2 Å². The fraction of sp³-hybridized carbons (Fsp3) is 0.533. The molecule has 0 spiro atoms. The lowest BCUT2D eigenvalue weighted by Gasteiger charge is -2.26. The Morgan fingerprint density at radius 2 is 2.30 bits per heavy atom. The first-order valence-electron chi connectivity index (χ1n) is 6.98. The second-order valence-electron chi connectivity index (χ2n) is 5.47. The van der Waals surface area contributed by atoms with Crippen LogP contribution in [0, 0.1) is 11.7 Å². The van der Waals surface area contributed by atoms with Gasteiger partial charge in [0.1, 0.15) is 5.82 Å². The predicted octanol–water partition coefficient (Wildman–Crippen LogP) is 3.73. The lowest BCUT2D eigenvalue weighted by molar-refractivity contribution is 0.318. The van der Waals surface area contributed by atoms with Crippen molar-refractivity contribution in [3.63, 3.8) is 0 Å². The number of amidine groups is 1. The van der Waals surface area contributed by atoms with E-state index in [9.17, 15) is 4.39 Å². The molecule has 1 aliphatic carbocycles. The highest BCUT2D eigenvalue weighted by Crippen LogP contribution is 2.34. The lowest BCUT2D eigenvalue weighted by atomic mass is 9.91. The summed E-state index contributed by atoms with van der Waals surface area (Å²) in [5, 5.41) is 12.1. The second kappa shape index (κ2) is 6.97. The van der Waals surface area contributed by atoms with Gasteiger partial charge in [-0.1, -0.05) is 37.1 Å². The summed E-state index contributed by atoms with van der Waals surface area (Å²) in [5.41, 5.74) is 6.27. The van der Waals surface area contributed by atoms with E-state index >= 15 is 0 Å². The summed E-state index contributed by atoms with van der Waals surface area (Å²) in [6, 6.07) is 5.04. The van der Waals surface area contributed by atoms with Crippen LogP contribution in [0.5, 0.6) is 0 Å². The maximum Gasteiger partial charge on any atom is 0.173 e. The summed E-state index contributed by atoms with van der Waals surface area (Å²) < 4.78 is 14.3. The van der Waals surface area contributed by atoms with Crippen molar-refractivity contribution in [3.05, 3.63) is 35.1 Å². The normalized spacial score (nSPS) is 23.8. The van der Waals surface area contributed by atoms with Crippen molar-refractivity contribution in [1.82, 2.24) is 0 Å². The number of nitrogens with two attached hydrogens (primary N) is 1. The van der Waals surface area contributed by atoms with Crippen molar-refractivity contribution in [1.29, 1.82) is 0 Å². The van der Waals surface area contributed by atoms with E-state index in [2.05, 4.69) is 12.1 Å². The van der Waals surface area contributed by atoms with Crippen LogP contribution in [0.3, 0.4) is 0 Å². The first-order valence-corrected chi connectivity index (χ1v) is 8.03. The molecule has 1 fully saturated rings. The zero-order chi connectivity index (χ0) is 14.5. The highest BCUT2D eigenvalue weighted by molar-refractivity contribution is 7.99. The van der Waals surface area contributed by atoms with Gasteiger partial charge in [-0.25, -0.2) is 4.39 Å². The van der Waals surface area contributed by atoms with Crippen LogP contribution in [0.15, 0.2) is 23.4 Å². The van der Waals surface area contributed by atoms with Gasteiger partial charge in [-0.15, -0.1) is 0 Å². The number of nitrogens with zero attached hydrogens (tertiary/aromatic N) is 1. The molecule has 2 unspecified atom stereocenters. The third-order valence-electron chi connectivity index (χ3n) is 3.83. The van der Waals surface area contributed by atoms with Crippen LogP contribution in [-0.4, -0.2) is 16.3 Å². The molecule has 2 rings (SSSR count). The number of rotatable bonds is 4. The molecule has 20 heavy (non-hydrogen) atoms. The Morgan fingerprint density at radius 3 is 3.00 bits per heavy atom. The number of hydrogen-bond acceptors (Lipinski definition) is 3. The molecule has 1 saturated carbocycles. The van der Waals surface area contributed by atoms with Crippen molar-refractivity contribution in [3.8, 4) is 0 Å². The lowest BCUT2D eigenvalue weighted by Crippen LogP contribution is -2.17. The van der Waals surface area contributed by atoms with Gasteiger partial charge in [0.15, 0.2) is 5.84 Å². The molecule has 0 bridgehead atoms. The van der Waals surface area contributed by atoms with Gasteiger partial charge >= 0.3 is 0 Å². The van der Waals surface area contributed by atoms with Gasteiger partial charge in [-0.2, -0.15) is 11.8 Å². The zero-order valence-electron chi connectivity index (χ0n) is 11.7. The van der Waals surface area contributed by atoms with Crippen LogP contribution in [0.25, 0.3) is 0 Å². The van der Waals surface area contributed by atoms with Gasteiger partial charge in [0.2, 0.25) is 0 Å². The highest BCUT2D eigenvalue weighted by atomic mass is 32.2. The fourth-order valence-corrected chi connectivity index (χ4v) is 4.12. The van der Waals surface area contributed by atoms with E-state index in [0.29, 0.717) is 16.6 Å². The van der Waals surface area contributed by atoms with E-state index in [4.69, 9.17) is 10.9 Å². The van der Waals surface area contributed by atoms with Crippen molar-refractivity contribution in [2.45, 2.75) is 43.6 Å². The second-order valence-corrected chi connectivity index (χ2v) is 6.76. The third-order valence-corrected chi connectivity index (χ3v) is 5.20. The predicted molar refractivity (Wildman–Crippen MR) is 81.6 cm³/mol. The zero-order valence-corrected chi connectivity index (χ0v) is 12.5. The molecule has 0 aliphatic heterocycles. The van der Waals surface area contributed by atoms with Gasteiger partial charge < -0.3 is 10.9 Å². The molecule has 3 nitrogen and oxygen atoms in total. The minimum Gasteiger partial charge on any atom is -0.409 e. The Labute approximate surface area is 123 Å². The molecule has 2 atom stereocenters. The first kappa shape index (κ1) is 15.2. The summed E-state index contributed by atoms with van der Waals surface area (Å²) in [6.45, 7) is 2.28. The maximum atomic E-state index is 14.3. The third kappa shape index (κ3) is 3.66. The summed E-state index contributed by atoms with van der Waals surface area (Å²) >= 11 is 1.81. The smallest absolute Gasteiger partial charge is 0.173 e. The summed E-state index contributed by atoms with van der Waals surface area (Å²) in [5.74, 6) is 0.852. The Hall–Kier alpha value is -1.23. The number of benzene rings is 1. The quantitative estimate of drug-likeness (QED) is 0.385. The van der Waals surface area contributed by atoms with E-state index < -0.39 is 0 Å². The molecule has 110 valence electrons. The van der Waals surface area contributed by atoms with Crippen LogP contribution in [-0.2, 0) is 5.75 Å². The molecule has 0 heterocycles.